The van der Waals surface area contributed by atoms with E-state index in [1.54, 1.807) is 0 Å². The van der Waals surface area contributed by atoms with E-state index in [0.29, 0.717) is 25.4 Å². The molecule has 6 heteroatoms. The highest BCUT2D eigenvalue weighted by Crippen LogP contribution is 2.14. The Morgan fingerprint density at radius 2 is 1.13 bits per heavy atom. The lowest BCUT2D eigenvalue weighted by Gasteiger charge is -2.25. The molecule has 0 radical (unpaired) electrons. The number of hydrogen-bond donors (Lipinski definition) is 0. The standard InChI is InChI=1S/C17H32O6/c1-17(2,22-9-5-3-7-18-11-15-13-20-15)23-10-6-4-8-19-12-16-14-21-16/h15-16H,3-14H2,1-2H3. The van der Waals surface area contributed by atoms with Gasteiger partial charge < -0.3 is 28.4 Å². The molecule has 2 aliphatic heterocycles. The van der Waals surface area contributed by atoms with Gasteiger partial charge in [0.15, 0.2) is 5.79 Å². The van der Waals surface area contributed by atoms with Gasteiger partial charge in [-0.3, -0.25) is 0 Å². The van der Waals surface area contributed by atoms with Crippen molar-refractivity contribution < 1.29 is 28.4 Å². The predicted octanol–water partition coefficient (Wildman–Crippen LogP) is 2.15. The van der Waals surface area contributed by atoms with Crippen LogP contribution in [0.3, 0.4) is 0 Å². The quantitative estimate of drug-likeness (QED) is 0.245. The van der Waals surface area contributed by atoms with Gasteiger partial charge in [-0.25, -0.2) is 0 Å². The predicted molar refractivity (Wildman–Crippen MR) is 85.6 cm³/mol. The van der Waals surface area contributed by atoms with E-state index in [9.17, 15) is 0 Å². The molecule has 6 nitrogen and oxygen atoms in total. The van der Waals surface area contributed by atoms with Crippen LogP contribution in [0.4, 0.5) is 0 Å². The third-order valence-electron chi connectivity index (χ3n) is 3.68. The monoisotopic (exact) mass is 332 g/mol. The van der Waals surface area contributed by atoms with Crippen LogP contribution in [0, 0.1) is 0 Å². The van der Waals surface area contributed by atoms with Crippen LogP contribution in [-0.4, -0.2) is 70.9 Å². The maximum absolute atomic E-state index is 5.79. The molecule has 0 aliphatic carbocycles. The SMILES string of the molecule is CC(C)(OCCCCOCC1CO1)OCCCCOCC1CO1. The second-order valence-corrected chi connectivity index (χ2v) is 6.57. The minimum Gasteiger partial charge on any atom is -0.379 e. The van der Waals surface area contributed by atoms with Crippen molar-refractivity contribution >= 4 is 0 Å². The maximum Gasteiger partial charge on any atom is 0.162 e. The molecular weight excluding hydrogens is 300 g/mol. The van der Waals surface area contributed by atoms with Crippen LogP contribution in [0.5, 0.6) is 0 Å². The summed E-state index contributed by atoms with van der Waals surface area (Å²) >= 11 is 0. The van der Waals surface area contributed by atoms with Gasteiger partial charge >= 0.3 is 0 Å². The van der Waals surface area contributed by atoms with Crippen molar-refractivity contribution in [2.75, 3.05) is 52.9 Å². The van der Waals surface area contributed by atoms with E-state index in [1.807, 2.05) is 13.8 Å². The molecule has 0 N–H and O–H groups in total. The molecule has 0 aromatic heterocycles. The Bertz CT molecular complexity index is 273. The molecule has 136 valence electrons. The van der Waals surface area contributed by atoms with Crippen molar-refractivity contribution in [3.8, 4) is 0 Å². The number of rotatable bonds is 16. The van der Waals surface area contributed by atoms with Gasteiger partial charge in [-0.1, -0.05) is 0 Å². The summed E-state index contributed by atoms with van der Waals surface area (Å²) < 4.78 is 32.7. The highest BCUT2D eigenvalue weighted by Gasteiger charge is 2.23. The summed E-state index contributed by atoms with van der Waals surface area (Å²) in [7, 11) is 0. The maximum atomic E-state index is 5.79. The number of unbranched alkanes of at least 4 members (excludes halogenated alkanes) is 2. The van der Waals surface area contributed by atoms with E-state index in [4.69, 9.17) is 28.4 Å². The first-order chi connectivity index (χ1) is 11.2. The molecular formula is C17H32O6. The van der Waals surface area contributed by atoms with Crippen LogP contribution in [0.2, 0.25) is 0 Å². The van der Waals surface area contributed by atoms with Crippen LogP contribution in [0.1, 0.15) is 39.5 Å². The molecule has 2 unspecified atom stereocenters. The van der Waals surface area contributed by atoms with Crippen LogP contribution in [-0.2, 0) is 28.4 Å². The Hall–Kier alpha value is -0.240. The first kappa shape index (κ1) is 19.1. The van der Waals surface area contributed by atoms with Crippen LogP contribution in [0.25, 0.3) is 0 Å². The van der Waals surface area contributed by atoms with Crippen molar-refractivity contribution in [2.24, 2.45) is 0 Å². The lowest BCUT2D eigenvalue weighted by Crippen LogP contribution is -2.29. The molecule has 0 aromatic rings. The number of ether oxygens (including phenoxy) is 6. The summed E-state index contributed by atoms with van der Waals surface area (Å²) in [5.41, 5.74) is 0. The lowest BCUT2D eigenvalue weighted by molar-refractivity contribution is -0.214. The van der Waals surface area contributed by atoms with E-state index in [-0.39, 0.29) is 0 Å². The summed E-state index contributed by atoms with van der Waals surface area (Å²) in [6.07, 6.45) is 4.68. The van der Waals surface area contributed by atoms with Gasteiger partial charge in [-0.05, 0) is 39.5 Å². The lowest BCUT2D eigenvalue weighted by atomic mass is 10.3. The molecule has 0 bridgehead atoms. The molecule has 2 saturated heterocycles. The summed E-state index contributed by atoms with van der Waals surface area (Å²) in [5.74, 6) is -0.522. The summed E-state index contributed by atoms with van der Waals surface area (Å²) in [6.45, 7) is 10.0. The highest BCUT2D eigenvalue weighted by atomic mass is 16.7. The Morgan fingerprint density at radius 3 is 1.52 bits per heavy atom. The average molecular weight is 332 g/mol. The minimum atomic E-state index is -0.522. The normalized spacial score (nSPS) is 23.2. The Kier molecular flexibility index (Phi) is 8.79. The molecule has 2 rings (SSSR count). The van der Waals surface area contributed by atoms with Gasteiger partial charge in [-0.2, -0.15) is 0 Å². The van der Waals surface area contributed by atoms with Crippen molar-refractivity contribution in [2.45, 2.75) is 57.5 Å². The molecule has 2 atom stereocenters. The van der Waals surface area contributed by atoms with Gasteiger partial charge in [0.2, 0.25) is 0 Å². The summed E-state index contributed by atoms with van der Waals surface area (Å²) in [6, 6.07) is 0. The largest absolute Gasteiger partial charge is 0.379 e. The molecule has 2 fully saturated rings. The van der Waals surface area contributed by atoms with Crippen LogP contribution < -0.4 is 0 Å². The van der Waals surface area contributed by atoms with Crippen LogP contribution >= 0.6 is 0 Å². The van der Waals surface area contributed by atoms with E-state index in [1.165, 1.54) is 0 Å². The molecule has 0 saturated carbocycles. The third kappa shape index (κ3) is 11.0. The first-order valence-electron chi connectivity index (χ1n) is 8.82. The van der Waals surface area contributed by atoms with Gasteiger partial charge in [0.25, 0.3) is 0 Å². The average Bonchev–Trinajstić information content (AvgIpc) is 3.39. The zero-order chi connectivity index (χ0) is 16.4. The molecule has 0 spiro atoms. The number of epoxide rings is 2. The zero-order valence-electron chi connectivity index (χ0n) is 14.6. The van der Waals surface area contributed by atoms with Crippen molar-refractivity contribution in [3.05, 3.63) is 0 Å². The fourth-order valence-electron chi connectivity index (χ4n) is 2.05. The van der Waals surface area contributed by atoms with Crippen molar-refractivity contribution in [1.29, 1.82) is 0 Å². The van der Waals surface area contributed by atoms with Gasteiger partial charge in [-0.15, -0.1) is 0 Å². The third-order valence-corrected chi connectivity index (χ3v) is 3.68. The Labute approximate surface area is 139 Å². The minimum absolute atomic E-state index is 0.353. The van der Waals surface area contributed by atoms with E-state index >= 15 is 0 Å². The molecule has 0 aromatic carbocycles. The topological polar surface area (TPSA) is 62.0 Å². The van der Waals surface area contributed by atoms with Crippen LogP contribution in [0.15, 0.2) is 0 Å². The second-order valence-electron chi connectivity index (χ2n) is 6.57. The molecule has 0 amide bonds. The van der Waals surface area contributed by atoms with Crippen molar-refractivity contribution in [3.63, 3.8) is 0 Å². The molecule has 2 aliphatic rings. The summed E-state index contributed by atoms with van der Waals surface area (Å²) in [4.78, 5) is 0. The zero-order valence-corrected chi connectivity index (χ0v) is 14.6. The second kappa shape index (κ2) is 10.6. The van der Waals surface area contributed by atoms with E-state index in [0.717, 1.165) is 65.3 Å². The summed E-state index contributed by atoms with van der Waals surface area (Å²) in [5, 5.41) is 0. The Balaban J connectivity index is 1.31. The Morgan fingerprint density at radius 1 is 0.739 bits per heavy atom. The highest BCUT2D eigenvalue weighted by molar-refractivity contribution is 4.67. The van der Waals surface area contributed by atoms with Gasteiger partial charge in [0, 0.05) is 13.2 Å². The fourth-order valence-corrected chi connectivity index (χ4v) is 2.05. The van der Waals surface area contributed by atoms with E-state index in [2.05, 4.69) is 0 Å². The van der Waals surface area contributed by atoms with E-state index < -0.39 is 5.79 Å². The molecule has 23 heavy (non-hydrogen) atoms. The number of hydrogen-bond acceptors (Lipinski definition) is 6. The van der Waals surface area contributed by atoms with Gasteiger partial charge in [0.05, 0.1) is 39.6 Å². The first-order valence-corrected chi connectivity index (χ1v) is 8.82. The van der Waals surface area contributed by atoms with Crippen molar-refractivity contribution in [1.82, 2.24) is 0 Å². The van der Waals surface area contributed by atoms with Gasteiger partial charge in [0.1, 0.15) is 12.2 Å². The smallest absolute Gasteiger partial charge is 0.162 e. The fraction of sp³-hybridized carbons (Fsp3) is 1.00. The molecule has 2 heterocycles.